The van der Waals surface area contributed by atoms with Crippen molar-refractivity contribution in [2.75, 3.05) is 11.1 Å². The van der Waals surface area contributed by atoms with Crippen LogP contribution < -0.4 is 16.4 Å². The topological polar surface area (TPSA) is 80.0 Å². The lowest BCUT2D eigenvalue weighted by Gasteiger charge is -2.06. The van der Waals surface area contributed by atoms with E-state index in [9.17, 15) is 4.79 Å². The number of pyridine rings is 1. The predicted octanol–water partition coefficient (Wildman–Crippen LogP) is 3.92. The van der Waals surface area contributed by atoms with Crippen LogP contribution in [-0.2, 0) is 13.1 Å². The van der Waals surface area contributed by atoms with E-state index in [2.05, 4.69) is 15.6 Å². The van der Waals surface area contributed by atoms with Gasteiger partial charge in [0.25, 0.3) is 5.91 Å². The molecule has 0 unspecified atom stereocenters. The number of carbonyl (C=O) groups is 1. The highest BCUT2D eigenvalue weighted by molar-refractivity contribution is 7.12. The van der Waals surface area contributed by atoms with E-state index in [0.717, 1.165) is 10.6 Å². The maximum Gasteiger partial charge on any atom is 0.255 e. The fourth-order valence-corrected chi connectivity index (χ4v) is 3.36. The van der Waals surface area contributed by atoms with Crippen LogP contribution >= 0.6 is 22.9 Å². The van der Waals surface area contributed by atoms with Crippen LogP contribution in [0.25, 0.3) is 0 Å². The summed E-state index contributed by atoms with van der Waals surface area (Å²) in [6, 6.07) is 15.0. The molecule has 0 atom stereocenters. The number of rotatable bonds is 6. The second-order valence-electron chi connectivity index (χ2n) is 5.35. The molecule has 0 aliphatic carbocycles. The van der Waals surface area contributed by atoms with Gasteiger partial charge in [-0.05, 0) is 42.5 Å². The summed E-state index contributed by atoms with van der Waals surface area (Å²) in [6.45, 7) is 1.16. The Labute approximate surface area is 154 Å². The largest absolute Gasteiger partial charge is 0.383 e. The third-order valence-corrected chi connectivity index (χ3v) is 4.84. The summed E-state index contributed by atoms with van der Waals surface area (Å²) in [5, 5.41) is 6.89. The lowest BCUT2D eigenvalue weighted by atomic mass is 10.2. The van der Waals surface area contributed by atoms with Gasteiger partial charge in [-0.15, -0.1) is 11.3 Å². The molecule has 5 nitrogen and oxygen atoms in total. The number of hydrogen-bond donors (Lipinski definition) is 3. The van der Waals surface area contributed by atoms with E-state index in [1.807, 2.05) is 36.4 Å². The van der Waals surface area contributed by atoms with Crippen LogP contribution in [0.3, 0.4) is 0 Å². The summed E-state index contributed by atoms with van der Waals surface area (Å²) < 4.78 is 0. The first-order valence-electron chi connectivity index (χ1n) is 7.67. The number of halogens is 1. The molecule has 3 aromatic rings. The number of nitrogen functional groups attached to an aromatic ring is 1. The van der Waals surface area contributed by atoms with Gasteiger partial charge in [0.2, 0.25) is 0 Å². The molecule has 2 heterocycles. The maximum atomic E-state index is 12.1. The lowest BCUT2D eigenvalue weighted by molar-refractivity contribution is 0.0952. The van der Waals surface area contributed by atoms with Crippen molar-refractivity contribution < 1.29 is 4.79 Å². The van der Waals surface area contributed by atoms with Crippen molar-refractivity contribution in [1.82, 2.24) is 10.3 Å². The van der Waals surface area contributed by atoms with Crippen molar-refractivity contribution >= 4 is 40.4 Å². The van der Waals surface area contributed by atoms with E-state index in [-0.39, 0.29) is 11.7 Å². The van der Waals surface area contributed by atoms with Gasteiger partial charge in [0.05, 0.1) is 12.1 Å². The molecule has 0 spiro atoms. The normalized spacial score (nSPS) is 10.4. The number of aromatic nitrogens is 1. The fraction of sp³-hybridized carbons (Fsp3) is 0.111. The molecule has 0 saturated heterocycles. The van der Waals surface area contributed by atoms with Crippen molar-refractivity contribution in [3.63, 3.8) is 0 Å². The Kier molecular flexibility index (Phi) is 5.53. The Morgan fingerprint density at radius 2 is 1.92 bits per heavy atom. The van der Waals surface area contributed by atoms with Crippen molar-refractivity contribution in [3.8, 4) is 0 Å². The van der Waals surface area contributed by atoms with E-state index < -0.39 is 0 Å². The van der Waals surface area contributed by atoms with Gasteiger partial charge >= 0.3 is 0 Å². The van der Waals surface area contributed by atoms with Gasteiger partial charge in [0.15, 0.2) is 0 Å². The number of nitrogens with one attached hydrogen (secondary N) is 2. The van der Waals surface area contributed by atoms with Gasteiger partial charge in [-0.1, -0.05) is 17.7 Å². The van der Waals surface area contributed by atoms with Crippen LogP contribution in [0.4, 0.5) is 11.5 Å². The van der Waals surface area contributed by atoms with Crippen molar-refractivity contribution in [3.05, 3.63) is 75.1 Å². The quantitative estimate of drug-likeness (QED) is 0.612. The highest BCUT2D eigenvalue weighted by Crippen LogP contribution is 2.20. The van der Waals surface area contributed by atoms with Crippen molar-refractivity contribution in [1.29, 1.82) is 0 Å². The first-order chi connectivity index (χ1) is 12.1. The van der Waals surface area contributed by atoms with E-state index >= 15 is 0 Å². The SMILES string of the molecule is Nc1ncccc1C(=O)NCc1ccc(CNc2cccc(Cl)c2)s1. The highest BCUT2D eigenvalue weighted by Gasteiger charge is 2.10. The second-order valence-corrected chi connectivity index (χ2v) is 7.04. The van der Waals surface area contributed by atoms with E-state index in [4.69, 9.17) is 17.3 Å². The molecule has 1 aromatic carbocycles. The summed E-state index contributed by atoms with van der Waals surface area (Å²) in [6.07, 6.45) is 1.56. The van der Waals surface area contributed by atoms with E-state index in [1.165, 1.54) is 4.88 Å². The molecular formula is C18H17ClN4OS. The zero-order valence-corrected chi connectivity index (χ0v) is 14.9. The molecular weight excluding hydrogens is 356 g/mol. The molecule has 0 aliphatic heterocycles. The number of anilines is 2. The number of benzene rings is 1. The van der Waals surface area contributed by atoms with Crippen LogP contribution in [0.15, 0.2) is 54.7 Å². The minimum atomic E-state index is -0.224. The van der Waals surface area contributed by atoms with Gasteiger partial charge in [-0.3, -0.25) is 4.79 Å². The van der Waals surface area contributed by atoms with Gasteiger partial charge in [0, 0.05) is 33.2 Å². The minimum Gasteiger partial charge on any atom is -0.383 e. The van der Waals surface area contributed by atoms with Crippen molar-refractivity contribution in [2.24, 2.45) is 0 Å². The average molecular weight is 373 g/mol. The van der Waals surface area contributed by atoms with Gasteiger partial charge in [-0.2, -0.15) is 0 Å². The summed E-state index contributed by atoms with van der Waals surface area (Å²) in [5.74, 6) is 0.00944. The molecule has 0 fully saturated rings. The Hall–Kier alpha value is -2.57. The zero-order chi connectivity index (χ0) is 17.6. The van der Waals surface area contributed by atoms with Crippen LogP contribution in [0, 0.1) is 0 Å². The summed E-state index contributed by atoms with van der Waals surface area (Å²) in [5.41, 5.74) is 7.08. The third kappa shape index (κ3) is 4.71. The Morgan fingerprint density at radius 1 is 1.12 bits per heavy atom. The average Bonchev–Trinajstić information content (AvgIpc) is 3.06. The van der Waals surface area contributed by atoms with Gasteiger partial charge in [-0.25, -0.2) is 4.98 Å². The number of carbonyl (C=O) groups excluding carboxylic acids is 1. The number of thiophene rings is 1. The zero-order valence-electron chi connectivity index (χ0n) is 13.3. The Balaban J connectivity index is 1.53. The Morgan fingerprint density at radius 3 is 2.68 bits per heavy atom. The first kappa shape index (κ1) is 17.3. The van der Waals surface area contributed by atoms with Crippen LogP contribution in [0.5, 0.6) is 0 Å². The van der Waals surface area contributed by atoms with Crippen LogP contribution in [0.1, 0.15) is 20.1 Å². The molecule has 0 aliphatic rings. The molecule has 1 amide bonds. The van der Waals surface area contributed by atoms with Gasteiger partial charge in [0.1, 0.15) is 5.82 Å². The molecule has 0 bridgehead atoms. The molecule has 7 heteroatoms. The third-order valence-electron chi connectivity index (χ3n) is 3.52. The summed E-state index contributed by atoms with van der Waals surface area (Å²) in [4.78, 5) is 18.3. The first-order valence-corrected chi connectivity index (χ1v) is 8.87. The molecule has 2 aromatic heterocycles. The predicted molar refractivity (Wildman–Crippen MR) is 103 cm³/mol. The molecule has 3 rings (SSSR count). The van der Waals surface area contributed by atoms with E-state index in [1.54, 1.807) is 29.7 Å². The maximum absolute atomic E-state index is 12.1. The second kappa shape index (κ2) is 8.00. The molecule has 0 radical (unpaired) electrons. The number of hydrogen-bond acceptors (Lipinski definition) is 5. The van der Waals surface area contributed by atoms with Crippen molar-refractivity contribution in [2.45, 2.75) is 13.1 Å². The van der Waals surface area contributed by atoms with Gasteiger partial charge < -0.3 is 16.4 Å². The minimum absolute atomic E-state index is 0.224. The fourth-order valence-electron chi connectivity index (χ4n) is 2.27. The van der Waals surface area contributed by atoms with Crippen LogP contribution in [0.2, 0.25) is 5.02 Å². The molecule has 128 valence electrons. The highest BCUT2D eigenvalue weighted by atomic mass is 35.5. The monoisotopic (exact) mass is 372 g/mol. The van der Waals surface area contributed by atoms with E-state index in [0.29, 0.717) is 23.7 Å². The standard InChI is InChI=1S/C18H17ClN4OS/c19-12-3-1-4-13(9-12)22-10-14-6-7-15(25-14)11-23-18(24)16-5-2-8-21-17(16)20/h1-9,22H,10-11H2,(H2,20,21)(H,23,24). The lowest BCUT2D eigenvalue weighted by Crippen LogP contribution is -2.23. The number of nitrogens with zero attached hydrogens (tertiary/aromatic N) is 1. The summed E-state index contributed by atoms with van der Waals surface area (Å²) in [7, 11) is 0. The number of amides is 1. The molecule has 0 saturated carbocycles. The molecule has 4 N–H and O–H groups in total. The summed E-state index contributed by atoms with van der Waals surface area (Å²) >= 11 is 7.61. The smallest absolute Gasteiger partial charge is 0.255 e. The molecule has 25 heavy (non-hydrogen) atoms. The van der Waals surface area contributed by atoms with Crippen LogP contribution in [-0.4, -0.2) is 10.9 Å². The number of nitrogens with two attached hydrogens (primary N) is 1. The Bertz CT molecular complexity index is 881.